The molecule has 3 saturated carbocycles. The number of nitrogens with one attached hydrogen (secondary N) is 1. The lowest BCUT2D eigenvalue weighted by molar-refractivity contribution is -0.122. The fraction of sp³-hybridized carbons (Fsp3) is 0.741. The Morgan fingerprint density at radius 3 is 2.53 bits per heavy atom. The zero-order valence-electron chi connectivity index (χ0n) is 19.0. The third-order valence-corrected chi connectivity index (χ3v) is 8.94. The van der Waals surface area contributed by atoms with Gasteiger partial charge in [-0.3, -0.25) is 4.79 Å². The standard InChI is InChI=1S/C27H42N2O/c1-2-26-15-6-16-27(20-26,23-7-4-3-5-8-23)18-22(17-26)11-14-25(30)29-24-12-9-21(19-28)10-13-24/h3-5,7-8,21-22,24H,2,6,9-20,28H2,1H3,(H,29,30)/t21-,22?,24-,26?,27-/m1/s1. The normalized spacial score (nSPS) is 36.3. The Balaban J connectivity index is 1.36. The van der Waals surface area contributed by atoms with E-state index in [4.69, 9.17) is 5.73 Å². The SMILES string of the molecule is CCC12CCC[C@@](c3ccccc3)(CC(CCC(=O)N[C@H]3CC[C@H](CN)CC3)C1)C2. The Hall–Kier alpha value is -1.35. The van der Waals surface area contributed by atoms with Crippen LogP contribution in [0.3, 0.4) is 0 Å². The van der Waals surface area contributed by atoms with Crippen molar-refractivity contribution < 1.29 is 4.79 Å². The van der Waals surface area contributed by atoms with Crippen LogP contribution in [0.5, 0.6) is 0 Å². The number of nitrogens with two attached hydrogens (primary N) is 1. The average Bonchev–Trinajstić information content (AvgIpc) is 2.78. The molecule has 0 spiro atoms. The Morgan fingerprint density at radius 2 is 1.83 bits per heavy atom. The van der Waals surface area contributed by atoms with E-state index in [-0.39, 0.29) is 5.91 Å². The minimum Gasteiger partial charge on any atom is -0.353 e. The predicted octanol–water partition coefficient (Wildman–Crippen LogP) is 5.72. The van der Waals surface area contributed by atoms with Gasteiger partial charge < -0.3 is 11.1 Å². The summed E-state index contributed by atoms with van der Waals surface area (Å²) in [6.07, 6.45) is 15.6. The molecule has 3 heteroatoms. The monoisotopic (exact) mass is 410 g/mol. The second-order valence-electron chi connectivity index (χ2n) is 10.9. The van der Waals surface area contributed by atoms with Gasteiger partial charge in [-0.25, -0.2) is 0 Å². The molecule has 2 unspecified atom stereocenters. The lowest BCUT2D eigenvalue weighted by Crippen LogP contribution is -2.46. The molecule has 166 valence electrons. The molecule has 3 atom stereocenters. The molecule has 0 radical (unpaired) electrons. The third-order valence-electron chi connectivity index (χ3n) is 8.94. The first-order valence-corrected chi connectivity index (χ1v) is 12.6. The van der Waals surface area contributed by atoms with E-state index in [1.54, 1.807) is 5.56 Å². The number of hydrogen-bond acceptors (Lipinski definition) is 2. The quantitative estimate of drug-likeness (QED) is 0.604. The van der Waals surface area contributed by atoms with E-state index in [0.717, 1.165) is 25.8 Å². The number of fused-ring (bicyclic) bond motifs is 2. The molecule has 0 saturated heterocycles. The van der Waals surface area contributed by atoms with Crippen molar-refractivity contribution >= 4 is 5.91 Å². The summed E-state index contributed by atoms with van der Waals surface area (Å²) >= 11 is 0. The number of hydrogen-bond donors (Lipinski definition) is 2. The molecular formula is C27H42N2O. The lowest BCUT2D eigenvalue weighted by atomic mass is 9.49. The Morgan fingerprint density at radius 1 is 1.07 bits per heavy atom. The van der Waals surface area contributed by atoms with E-state index >= 15 is 0 Å². The zero-order valence-corrected chi connectivity index (χ0v) is 19.0. The molecule has 1 amide bonds. The maximum absolute atomic E-state index is 12.7. The van der Waals surface area contributed by atoms with Crippen molar-refractivity contribution in [3.05, 3.63) is 35.9 Å². The van der Waals surface area contributed by atoms with Gasteiger partial charge in [0.1, 0.15) is 0 Å². The highest BCUT2D eigenvalue weighted by Crippen LogP contribution is 2.60. The van der Waals surface area contributed by atoms with Crippen LogP contribution in [0.25, 0.3) is 0 Å². The molecule has 3 N–H and O–H groups in total. The number of carbonyl (C=O) groups excluding carboxylic acids is 1. The smallest absolute Gasteiger partial charge is 0.220 e. The zero-order chi connectivity index (χ0) is 21.0. The van der Waals surface area contributed by atoms with Crippen LogP contribution >= 0.6 is 0 Å². The topological polar surface area (TPSA) is 55.1 Å². The van der Waals surface area contributed by atoms with E-state index in [2.05, 4.69) is 42.6 Å². The molecule has 30 heavy (non-hydrogen) atoms. The van der Waals surface area contributed by atoms with Gasteiger partial charge in [0, 0.05) is 12.5 Å². The summed E-state index contributed by atoms with van der Waals surface area (Å²) in [4.78, 5) is 12.7. The molecule has 1 aromatic rings. The first-order chi connectivity index (χ1) is 14.6. The highest BCUT2D eigenvalue weighted by molar-refractivity contribution is 5.76. The van der Waals surface area contributed by atoms with Crippen LogP contribution < -0.4 is 11.1 Å². The predicted molar refractivity (Wildman–Crippen MR) is 124 cm³/mol. The lowest BCUT2D eigenvalue weighted by Gasteiger charge is -2.55. The minimum atomic E-state index is 0.279. The molecule has 0 aliphatic heterocycles. The number of amides is 1. The van der Waals surface area contributed by atoms with Gasteiger partial charge in [-0.15, -0.1) is 0 Å². The van der Waals surface area contributed by atoms with Gasteiger partial charge >= 0.3 is 0 Å². The molecule has 0 aromatic heterocycles. The first-order valence-electron chi connectivity index (χ1n) is 12.6. The molecule has 1 aromatic carbocycles. The summed E-state index contributed by atoms with van der Waals surface area (Å²) < 4.78 is 0. The number of rotatable bonds is 7. The summed E-state index contributed by atoms with van der Waals surface area (Å²) in [6.45, 7) is 3.19. The van der Waals surface area contributed by atoms with E-state index in [1.807, 2.05) is 0 Å². The van der Waals surface area contributed by atoms with Crippen molar-refractivity contribution in [2.45, 2.75) is 102 Å². The molecule has 2 bridgehead atoms. The summed E-state index contributed by atoms with van der Waals surface area (Å²) in [5.41, 5.74) is 8.19. The number of carbonyl (C=O) groups is 1. The van der Waals surface area contributed by atoms with E-state index in [9.17, 15) is 4.79 Å². The number of benzene rings is 1. The van der Waals surface area contributed by atoms with Crippen LogP contribution in [0.1, 0.15) is 96.0 Å². The summed E-state index contributed by atoms with van der Waals surface area (Å²) in [6, 6.07) is 11.7. The highest BCUT2D eigenvalue weighted by atomic mass is 16.1. The Labute approximate surface area is 183 Å². The van der Waals surface area contributed by atoms with Crippen LogP contribution in [0.2, 0.25) is 0 Å². The fourth-order valence-electron chi connectivity index (χ4n) is 7.27. The third kappa shape index (κ3) is 4.77. The maximum atomic E-state index is 12.7. The largest absolute Gasteiger partial charge is 0.353 e. The van der Waals surface area contributed by atoms with Crippen LogP contribution in [0, 0.1) is 17.3 Å². The van der Waals surface area contributed by atoms with Crippen molar-refractivity contribution in [1.29, 1.82) is 0 Å². The fourth-order valence-corrected chi connectivity index (χ4v) is 7.27. The van der Waals surface area contributed by atoms with Crippen molar-refractivity contribution in [3.8, 4) is 0 Å². The highest BCUT2D eigenvalue weighted by Gasteiger charge is 2.50. The molecule has 3 aliphatic carbocycles. The van der Waals surface area contributed by atoms with Gasteiger partial charge in [0.25, 0.3) is 0 Å². The van der Waals surface area contributed by atoms with Gasteiger partial charge in [-0.1, -0.05) is 50.1 Å². The van der Waals surface area contributed by atoms with E-state index in [1.165, 1.54) is 57.8 Å². The second-order valence-corrected chi connectivity index (χ2v) is 10.9. The van der Waals surface area contributed by atoms with Crippen molar-refractivity contribution in [2.75, 3.05) is 6.54 Å². The van der Waals surface area contributed by atoms with E-state index < -0.39 is 0 Å². The molecule has 3 fully saturated rings. The molecule has 0 heterocycles. The van der Waals surface area contributed by atoms with E-state index in [0.29, 0.717) is 35.1 Å². The Kier molecular flexibility index (Phi) is 6.87. The van der Waals surface area contributed by atoms with Gasteiger partial charge in [0.05, 0.1) is 0 Å². The van der Waals surface area contributed by atoms with Gasteiger partial charge in [0.2, 0.25) is 5.91 Å². The molecular weight excluding hydrogens is 368 g/mol. The van der Waals surface area contributed by atoms with Gasteiger partial charge in [-0.05, 0) is 99.0 Å². The van der Waals surface area contributed by atoms with Crippen LogP contribution in [-0.4, -0.2) is 18.5 Å². The van der Waals surface area contributed by atoms with Crippen molar-refractivity contribution in [1.82, 2.24) is 5.32 Å². The summed E-state index contributed by atoms with van der Waals surface area (Å²) in [5, 5.41) is 3.34. The molecule has 3 nitrogen and oxygen atoms in total. The Bertz CT molecular complexity index is 696. The van der Waals surface area contributed by atoms with Crippen LogP contribution in [0.15, 0.2) is 30.3 Å². The van der Waals surface area contributed by atoms with Crippen molar-refractivity contribution in [2.24, 2.45) is 23.0 Å². The van der Waals surface area contributed by atoms with Gasteiger partial charge in [0.15, 0.2) is 0 Å². The maximum Gasteiger partial charge on any atom is 0.220 e. The first kappa shape index (κ1) is 21.9. The molecule has 4 rings (SSSR count). The average molecular weight is 411 g/mol. The van der Waals surface area contributed by atoms with Crippen LogP contribution in [-0.2, 0) is 10.2 Å². The second kappa shape index (κ2) is 9.42. The van der Waals surface area contributed by atoms with Gasteiger partial charge in [-0.2, -0.15) is 0 Å². The molecule has 3 aliphatic rings. The van der Waals surface area contributed by atoms with Crippen LogP contribution in [0.4, 0.5) is 0 Å². The van der Waals surface area contributed by atoms with Crippen molar-refractivity contribution in [3.63, 3.8) is 0 Å². The summed E-state index contributed by atoms with van der Waals surface area (Å²) in [7, 11) is 0. The summed E-state index contributed by atoms with van der Waals surface area (Å²) in [5.74, 6) is 1.62. The minimum absolute atomic E-state index is 0.279.